The van der Waals surface area contributed by atoms with Crippen molar-refractivity contribution in [2.45, 2.75) is 39.7 Å². The van der Waals surface area contributed by atoms with Crippen molar-refractivity contribution in [3.63, 3.8) is 0 Å². The third kappa shape index (κ3) is 10.4. The van der Waals surface area contributed by atoms with Crippen LogP contribution in [0.5, 0.6) is 5.75 Å². The van der Waals surface area contributed by atoms with Gasteiger partial charge >= 0.3 is 0 Å². The number of ether oxygens (including phenoxy) is 3. The molecule has 1 aromatic rings. The summed E-state index contributed by atoms with van der Waals surface area (Å²) in [5.74, 6) is 1.04. The monoisotopic (exact) mass is 401 g/mol. The van der Waals surface area contributed by atoms with Crippen LogP contribution in [0.15, 0.2) is 24.3 Å². The molecule has 26 heavy (non-hydrogen) atoms. The highest BCUT2D eigenvalue weighted by atomic mass is 33.1. The zero-order valence-electron chi connectivity index (χ0n) is 15.9. The Morgan fingerprint density at radius 3 is 2.27 bits per heavy atom. The van der Waals surface area contributed by atoms with Gasteiger partial charge in [-0.3, -0.25) is 4.79 Å². The maximum Gasteiger partial charge on any atom is 0.160 e. The number of hydrogen-bond donors (Lipinski definition) is 2. The molecule has 1 aromatic carbocycles. The van der Waals surface area contributed by atoms with E-state index in [-0.39, 0.29) is 24.3 Å². The number of hydrogen-bond acceptors (Lipinski definition) is 7. The Balaban J connectivity index is 2.00. The number of nitrogens with one attached hydrogen (secondary N) is 1. The molecule has 0 aliphatic heterocycles. The number of rotatable bonds is 15. The molecule has 0 spiro atoms. The summed E-state index contributed by atoms with van der Waals surface area (Å²) in [6.45, 7) is 8.52. The zero-order chi connectivity index (χ0) is 19.2. The van der Waals surface area contributed by atoms with Gasteiger partial charge in [-0.1, -0.05) is 37.6 Å². The fraction of sp³-hybridized carbons (Fsp3) is 0.632. The summed E-state index contributed by atoms with van der Waals surface area (Å²) in [6.07, 6.45) is 1.63. The van der Waals surface area contributed by atoms with Crippen molar-refractivity contribution >= 4 is 28.4 Å². The average Bonchev–Trinajstić information content (AvgIpc) is 2.63. The molecule has 5 nitrogen and oxygen atoms in total. The number of carbonyl (C=O) groups excluding carboxylic acids is 1. The quantitative estimate of drug-likeness (QED) is 0.198. The largest absolute Gasteiger partial charge is 0.494 e. The highest BCUT2D eigenvalue weighted by Gasteiger charge is 2.06. The van der Waals surface area contributed by atoms with Crippen molar-refractivity contribution in [1.82, 2.24) is 4.72 Å². The van der Waals surface area contributed by atoms with Crippen LogP contribution in [0.4, 0.5) is 0 Å². The Kier molecular flexibility index (Phi) is 12.9. The molecule has 0 saturated heterocycles. The Labute approximate surface area is 166 Å². The minimum atomic E-state index is 0.0366. The number of thiol groups is 1. The van der Waals surface area contributed by atoms with Gasteiger partial charge < -0.3 is 14.2 Å². The third-order valence-corrected chi connectivity index (χ3v) is 4.55. The lowest BCUT2D eigenvalue weighted by molar-refractivity contribution is -0.126. The molecule has 0 aliphatic carbocycles. The van der Waals surface area contributed by atoms with Gasteiger partial charge in [-0.2, -0.15) is 0 Å². The number of ketones is 1. The van der Waals surface area contributed by atoms with Crippen molar-refractivity contribution < 1.29 is 19.0 Å². The maximum absolute atomic E-state index is 11.4. The second-order valence-corrected chi connectivity index (χ2v) is 7.31. The molecule has 0 heterocycles. The molecule has 0 bridgehead atoms. The SMILES string of the molecule is CC(C)C(=O)COCCCOCCCOc1ccc([C@@H](C)NSS)cc1. The smallest absolute Gasteiger partial charge is 0.160 e. The summed E-state index contributed by atoms with van der Waals surface area (Å²) < 4.78 is 19.7. The van der Waals surface area contributed by atoms with Gasteiger partial charge in [0, 0.05) is 38.2 Å². The van der Waals surface area contributed by atoms with Crippen LogP contribution in [0.1, 0.15) is 45.2 Å². The van der Waals surface area contributed by atoms with E-state index in [0.717, 1.165) is 18.6 Å². The highest BCUT2D eigenvalue weighted by molar-refractivity contribution is 8.67. The standard InChI is InChI=1S/C19H31NO4S2/c1-15(2)19(21)14-23-12-4-10-22-11-5-13-24-18-8-6-17(7-9-18)16(3)20-26-25/h6-9,15-16,20,25H,4-5,10-14H2,1-3H3/t16-/m1/s1. The topological polar surface area (TPSA) is 56.8 Å². The van der Waals surface area contributed by atoms with Crippen LogP contribution in [-0.4, -0.2) is 38.8 Å². The van der Waals surface area contributed by atoms with Crippen molar-refractivity contribution in [2.24, 2.45) is 5.92 Å². The first kappa shape index (κ1) is 23.3. The molecular formula is C19H31NO4S2. The molecule has 0 unspecified atom stereocenters. The van der Waals surface area contributed by atoms with Gasteiger partial charge in [0.1, 0.15) is 12.4 Å². The van der Waals surface area contributed by atoms with Gasteiger partial charge in [0.25, 0.3) is 0 Å². The third-order valence-electron chi connectivity index (χ3n) is 3.78. The zero-order valence-corrected chi connectivity index (χ0v) is 17.6. The maximum atomic E-state index is 11.4. The normalized spacial score (nSPS) is 12.3. The second-order valence-electron chi connectivity index (χ2n) is 6.34. The van der Waals surface area contributed by atoms with Gasteiger partial charge in [0.05, 0.1) is 6.61 Å². The van der Waals surface area contributed by atoms with Gasteiger partial charge in [0.15, 0.2) is 5.78 Å². The fourth-order valence-electron chi connectivity index (χ4n) is 2.06. The van der Waals surface area contributed by atoms with Gasteiger partial charge in [-0.25, -0.2) is 4.72 Å². The lowest BCUT2D eigenvalue weighted by atomic mass is 10.1. The minimum Gasteiger partial charge on any atom is -0.494 e. The summed E-state index contributed by atoms with van der Waals surface area (Å²) in [4.78, 5) is 11.4. The van der Waals surface area contributed by atoms with Crippen LogP contribution in [0.2, 0.25) is 0 Å². The first-order valence-electron chi connectivity index (χ1n) is 9.01. The van der Waals surface area contributed by atoms with Gasteiger partial charge in [-0.15, -0.1) is 0 Å². The Bertz CT molecular complexity index is 497. The molecule has 0 aliphatic rings. The molecule has 0 radical (unpaired) electrons. The van der Waals surface area contributed by atoms with Crippen LogP contribution >= 0.6 is 22.6 Å². The summed E-state index contributed by atoms with van der Waals surface area (Å²) in [5, 5.41) is 0. The van der Waals surface area contributed by atoms with E-state index in [2.05, 4.69) is 35.4 Å². The van der Waals surface area contributed by atoms with Crippen LogP contribution in [-0.2, 0) is 14.3 Å². The second kappa shape index (κ2) is 14.3. The van der Waals surface area contributed by atoms with Gasteiger partial charge in [-0.05, 0) is 42.0 Å². The Hall–Kier alpha value is -0.730. The van der Waals surface area contributed by atoms with Crippen LogP contribution < -0.4 is 9.46 Å². The molecule has 0 amide bonds. The lowest BCUT2D eigenvalue weighted by Crippen LogP contribution is -2.15. The van der Waals surface area contributed by atoms with Crippen molar-refractivity contribution in [3.8, 4) is 5.75 Å². The molecule has 7 heteroatoms. The molecule has 0 aromatic heterocycles. The first-order valence-corrected chi connectivity index (χ1v) is 10.9. The summed E-state index contributed by atoms with van der Waals surface area (Å²) in [5.41, 5.74) is 1.19. The van der Waals surface area contributed by atoms with E-state index in [1.807, 2.05) is 26.0 Å². The molecule has 148 valence electrons. The van der Waals surface area contributed by atoms with E-state index in [1.165, 1.54) is 16.5 Å². The van der Waals surface area contributed by atoms with Crippen molar-refractivity contribution in [1.29, 1.82) is 0 Å². The molecule has 1 N–H and O–H groups in total. The van der Waals surface area contributed by atoms with Crippen LogP contribution in [0, 0.1) is 5.92 Å². The molecule has 1 atom stereocenters. The predicted molar refractivity (Wildman–Crippen MR) is 111 cm³/mol. The number of carbonyl (C=O) groups is 1. The molecule has 0 fully saturated rings. The Morgan fingerprint density at radius 2 is 1.65 bits per heavy atom. The van der Waals surface area contributed by atoms with Crippen molar-refractivity contribution in [3.05, 3.63) is 29.8 Å². The van der Waals surface area contributed by atoms with E-state index in [1.54, 1.807) is 0 Å². The summed E-state index contributed by atoms with van der Waals surface area (Å²) >= 11 is 4.09. The Morgan fingerprint density at radius 1 is 1.04 bits per heavy atom. The average molecular weight is 402 g/mol. The van der Waals surface area contributed by atoms with Gasteiger partial charge in [0.2, 0.25) is 0 Å². The lowest BCUT2D eigenvalue weighted by Gasteiger charge is -2.12. The first-order chi connectivity index (χ1) is 12.5. The number of benzene rings is 1. The summed E-state index contributed by atoms with van der Waals surface area (Å²) in [6, 6.07) is 8.31. The van der Waals surface area contributed by atoms with E-state index in [9.17, 15) is 4.79 Å². The van der Waals surface area contributed by atoms with E-state index < -0.39 is 0 Å². The van der Waals surface area contributed by atoms with E-state index in [0.29, 0.717) is 26.4 Å². The van der Waals surface area contributed by atoms with Crippen LogP contribution in [0.3, 0.4) is 0 Å². The molecule has 0 saturated carbocycles. The van der Waals surface area contributed by atoms with E-state index >= 15 is 0 Å². The molecule has 1 rings (SSSR count). The highest BCUT2D eigenvalue weighted by Crippen LogP contribution is 2.20. The molecular weight excluding hydrogens is 370 g/mol. The minimum absolute atomic E-state index is 0.0366. The fourth-order valence-corrected chi connectivity index (χ4v) is 2.82. The van der Waals surface area contributed by atoms with Crippen LogP contribution in [0.25, 0.3) is 0 Å². The summed E-state index contributed by atoms with van der Waals surface area (Å²) in [7, 11) is 1.31. The van der Waals surface area contributed by atoms with Crippen molar-refractivity contribution in [2.75, 3.05) is 33.0 Å². The predicted octanol–water partition coefficient (Wildman–Crippen LogP) is 4.25. The van der Waals surface area contributed by atoms with E-state index in [4.69, 9.17) is 14.2 Å². The number of Topliss-reactive ketones (excluding diaryl/α,β-unsaturated/α-hetero) is 1.